The van der Waals surface area contributed by atoms with E-state index in [1.54, 1.807) is 25.3 Å². The van der Waals surface area contributed by atoms with Gasteiger partial charge in [0.25, 0.3) is 5.91 Å². The van der Waals surface area contributed by atoms with Crippen LogP contribution < -0.4 is 0 Å². The minimum atomic E-state index is -0.953. The van der Waals surface area contributed by atoms with Gasteiger partial charge in [0.1, 0.15) is 10.8 Å². The average Bonchev–Trinajstić information content (AvgIpc) is 3.08. The van der Waals surface area contributed by atoms with Gasteiger partial charge in [0.05, 0.1) is 10.2 Å². The number of carbonyl (C=O) groups is 2. The number of ether oxygens (including phenoxy) is 1. The SMILES string of the molecule is C[C@H](OC(=O)/C=C/c1nc2ccccc2s1)C(=O)N(C)Cc1cccc(F)c1. The highest BCUT2D eigenvalue weighted by Crippen LogP contribution is 2.22. The molecule has 0 spiro atoms. The van der Waals surface area contributed by atoms with Crippen molar-refractivity contribution in [1.82, 2.24) is 9.88 Å². The molecule has 28 heavy (non-hydrogen) atoms. The topological polar surface area (TPSA) is 59.5 Å². The average molecular weight is 398 g/mol. The van der Waals surface area contributed by atoms with Gasteiger partial charge in [0.2, 0.25) is 0 Å². The zero-order chi connectivity index (χ0) is 20.1. The molecule has 1 heterocycles. The second kappa shape index (κ2) is 8.75. The third-order valence-electron chi connectivity index (χ3n) is 4.00. The van der Waals surface area contributed by atoms with Gasteiger partial charge in [-0.3, -0.25) is 4.79 Å². The summed E-state index contributed by atoms with van der Waals surface area (Å²) in [7, 11) is 1.58. The standard InChI is InChI=1S/C21H19FN2O3S/c1-14(21(26)24(2)13-15-6-5-7-16(22)12-15)27-20(25)11-10-19-23-17-8-3-4-9-18(17)28-19/h3-12,14H,13H2,1-2H3/b11-10+/t14-/m0/s1. The number of fused-ring (bicyclic) bond motifs is 1. The number of hydrogen-bond acceptors (Lipinski definition) is 5. The van der Waals surface area contributed by atoms with Crippen molar-refractivity contribution in [2.75, 3.05) is 7.05 Å². The first kappa shape index (κ1) is 19.7. The van der Waals surface area contributed by atoms with Gasteiger partial charge >= 0.3 is 5.97 Å². The number of benzene rings is 2. The Morgan fingerprint density at radius 1 is 1.25 bits per heavy atom. The fourth-order valence-corrected chi connectivity index (χ4v) is 3.53. The first-order valence-electron chi connectivity index (χ1n) is 8.66. The molecule has 0 fully saturated rings. The van der Waals surface area contributed by atoms with Crippen LogP contribution in [-0.4, -0.2) is 34.9 Å². The Bertz CT molecular complexity index is 998. The zero-order valence-corrected chi connectivity index (χ0v) is 16.3. The summed E-state index contributed by atoms with van der Waals surface area (Å²) in [5.41, 5.74) is 1.52. The number of rotatable bonds is 6. The largest absolute Gasteiger partial charge is 0.449 e. The van der Waals surface area contributed by atoms with Gasteiger partial charge in [0, 0.05) is 19.7 Å². The molecule has 1 atom stereocenters. The summed E-state index contributed by atoms with van der Waals surface area (Å²) in [6.45, 7) is 1.73. The summed E-state index contributed by atoms with van der Waals surface area (Å²) < 4.78 is 19.5. The molecule has 2 aromatic carbocycles. The van der Waals surface area contributed by atoms with Gasteiger partial charge in [-0.25, -0.2) is 14.2 Å². The van der Waals surface area contributed by atoms with E-state index in [4.69, 9.17) is 4.74 Å². The van der Waals surface area contributed by atoms with E-state index in [0.717, 1.165) is 10.2 Å². The van der Waals surface area contributed by atoms with E-state index in [0.29, 0.717) is 10.6 Å². The number of esters is 1. The van der Waals surface area contributed by atoms with Gasteiger partial charge < -0.3 is 9.64 Å². The Balaban J connectivity index is 1.55. The Morgan fingerprint density at radius 3 is 2.79 bits per heavy atom. The van der Waals surface area contributed by atoms with Crippen LogP contribution in [-0.2, 0) is 20.9 Å². The Kier molecular flexibility index (Phi) is 6.16. The molecule has 0 N–H and O–H groups in total. The fourth-order valence-electron chi connectivity index (χ4n) is 2.66. The van der Waals surface area contributed by atoms with Crippen LogP contribution in [0.4, 0.5) is 4.39 Å². The monoisotopic (exact) mass is 398 g/mol. The van der Waals surface area contributed by atoms with E-state index in [9.17, 15) is 14.0 Å². The Morgan fingerprint density at radius 2 is 2.04 bits per heavy atom. The van der Waals surface area contributed by atoms with Gasteiger partial charge in [-0.1, -0.05) is 24.3 Å². The number of nitrogens with zero attached hydrogens (tertiary/aromatic N) is 2. The molecule has 3 rings (SSSR count). The summed E-state index contributed by atoms with van der Waals surface area (Å²) in [5.74, 6) is -1.36. The summed E-state index contributed by atoms with van der Waals surface area (Å²) in [6, 6.07) is 13.7. The first-order chi connectivity index (χ1) is 13.4. The van der Waals surface area contributed by atoms with Crippen molar-refractivity contribution in [3.8, 4) is 0 Å². The number of likely N-dealkylation sites (N-methyl/N-ethyl adjacent to an activating group) is 1. The van der Waals surface area contributed by atoms with Crippen LogP contribution in [0.15, 0.2) is 54.6 Å². The maximum Gasteiger partial charge on any atom is 0.331 e. The summed E-state index contributed by atoms with van der Waals surface area (Å²) in [6.07, 6.45) is 1.88. The summed E-state index contributed by atoms with van der Waals surface area (Å²) in [5, 5.41) is 0.681. The lowest BCUT2D eigenvalue weighted by atomic mass is 10.2. The number of thiazole rings is 1. The molecule has 1 amide bonds. The van der Waals surface area contributed by atoms with Crippen molar-refractivity contribution in [2.24, 2.45) is 0 Å². The van der Waals surface area contributed by atoms with Crippen LogP contribution in [0, 0.1) is 5.82 Å². The second-order valence-corrected chi connectivity index (χ2v) is 7.32. The highest BCUT2D eigenvalue weighted by Gasteiger charge is 2.21. The molecule has 0 bridgehead atoms. The molecule has 144 valence electrons. The van der Waals surface area contributed by atoms with E-state index >= 15 is 0 Å². The smallest absolute Gasteiger partial charge is 0.331 e. The van der Waals surface area contributed by atoms with Crippen LogP contribution in [0.5, 0.6) is 0 Å². The number of carbonyl (C=O) groups excluding carboxylic acids is 2. The number of hydrogen-bond donors (Lipinski definition) is 0. The lowest BCUT2D eigenvalue weighted by molar-refractivity contribution is -0.154. The fraction of sp³-hybridized carbons (Fsp3) is 0.190. The third kappa shape index (κ3) is 5.01. The molecule has 0 saturated heterocycles. The summed E-state index contributed by atoms with van der Waals surface area (Å²) >= 11 is 1.46. The van der Waals surface area contributed by atoms with Gasteiger partial charge in [-0.15, -0.1) is 11.3 Å². The van der Waals surface area contributed by atoms with Crippen molar-refractivity contribution < 1.29 is 18.7 Å². The molecule has 3 aromatic rings. The van der Waals surface area contributed by atoms with Gasteiger partial charge in [0.15, 0.2) is 6.10 Å². The molecular weight excluding hydrogens is 379 g/mol. The molecule has 0 radical (unpaired) electrons. The molecular formula is C21H19FN2O3S. The quantitative estimate of drug-likeness (QED) is 0.464. The number of para-hydroxylation sites is 1. The van der Waals surface area contributed by atoms with E-state index in [1.165, 1.54) is 41.4 Å². The number of halogens is 1. The minimum Gasteiger partial charge on any atom is -0.449 e. The van der Waals surface area contributed by atoms with Gasteiger partial charge in [-0.2, -0.15) is 0 Å². The van der Waals surface area contributed by atoms with Crippen LogP contribution in [0.3, 0.4) is 0 Å². The number of aromatic nitrogens is 1. The van der Waals surface area contributed by atoms with E-state index in [-0.39, 0.29) is 18.3 Å². The molecule has 0 aliphatic carbocycles. The lowest BCUT2D eigenvalue weighted by Crippen LogP contribution is -2.36. The molecule has 0 aliphatic rings. The molecule has 5 nitrogen and oxygen atoms in total. The molecule has 7 heteroatoms. The van der Waals surface area contributed by atoms with Crippen LogP contribution in [0.1, 0.15) is 17.5 Å². The van der Waals surface area contributed by atoms with Crippen molar-refractivity contribution in [3.63, 3.8) is 0 Å². The Labute approximate surface area is 166 Å². The maximum atomic E-state index is 13.3. The highest BCUT2D eigenvalue weighted by atomic mass is 32.1. The highest BCUT2D eigenvalue weighted by molar-refractivity contribution is 7.19. The van der Waals surface area contributed by atoms with Gasteiger partial charge in [-0.05, 0) is 42.8 Å². The van der Waals surface area contributed by atoms with E-state index in [2.05, 4.69) is 4.98 Å². The predicted molar refractivity (Wildman–Crippen MR) is 107 cm³/mol. The molecule has 0 saturated carbocycles. The zero-order valence-electron chi connectivity index (χ0n) is 15.5. The molecule has 0 aliphatic heterocycles. The maximum absolute atomic E-state index is 13.3. The van der Waals surface area contributed by atoms with Crippen LogP contribution in [0.2, 0.25) is 0 Å². The number of amides is 1. The first-order valence-corrected chi connectivity index (χ1v) is 9.48. The normalized spacial score (nSPS) is 12.2. The van der Waals surface area contributed by atoms with Crippen LogP contribution in [0.25, 0.3) is 16.3 Å². The van der Waals surface area contributed by atoms with Crippen molar-refractivity contribution >= 4 is 39.5 Å². The summed E-state index contributed by atoms with van der Waals surface area (Å²) in [4.78, 5) is 30.2. The van der Waals surface area contributed by atoms with Crippen molar-refractivity contribution in [3.05, 3.63) is 71.0 Å². The second-order valence-electron chi connectivity index (χ2n) is 6.26. The third-order valence-corrected chi connectivity index (χ3v) is 5.00. The van der Waals surface area contributed by atoms with Crippen molar-refractivity contribution in [2.45, 2.75) is 19.6 Å². The lowest BCUT2D eigenvalue weighted by Gasteiger charge is -2.21. The minimum absolute atomic E-state index is 0.222. The van der Waals surface area contributed by atoms with E-state index in [1.807, 2.05) is 24.3 Å². The Hall–Kier alpha value is -3.06. The van der Waals surface area contributed by atoms with Crippen LogP contribution >= 0.6 is 11.3 Å². The van der Waals surface area contributed by atoms with E-state index < -0.39 is 12.1 Å². The van der Waals surface area contributed by atoms with Crippen molar-refractivity contribution in [1.29, 1.82) is 0 Å². The molecule has 1 aromatic heterocycles. The molecule has 0 unspecified atom stereocenters. The predicted octanol–water partition coefficient (Wildman–Crippen LogP) is 4.04.